The number of hydrogen-bond donors (Lipinski definition) is 0. The van der Waals surface area contributed by atoms with Gasteiger partial charge in [0.1, 0.15) is 5.75 Å². The second kappa shape index (κ2) is 5.31. The lowest BCUT2D eigenvalue weighted by Gasteiger charge is -2.09. The molecule has 0 aliphatic heterocycles. The highest BCUT2D eigenvalue weighted by Gasteiger charge is 2.02. The van der Waals surface area contributed by atoms with E-state index in [0.29, 0.717) is 5.33 Å². The first-order valence-corrected chi connectivity index (χ1v) is 6.55. The Labute approximate surface area is 109 Å². The van der Waals surface area contributed by atoms with Gasteiger partial charge >= 0.3 is 0 Å². The fourth-order valence-corrected chi connectivity index (χ4v) is 1.69. The molecule has 0 aliphatic rings. The first kappa shape index (κ1) is 12.1. The molecule has 17 heavy (non-hydrogen) atoms. The molecule has 1 aromatic carbocycles. The molecule has 0 saturated carbocycles. The van der Waals surface area contributed by atoms with Crippen molar-refractivity contribution in [3.05, 3.63) is 36.2 Å². The topological polar surface area (TPSA) is 39.9 Å². The van der Waals surface area contributed by atoms with Gasteiger partial charge in [-0.05, 0) is 38.1 Å². The normalized spacial score (nSPS) is 10.8. The van der Waals surface area contributed by atoms with Crippen molar-refractivity contribution in [2.75, 3.05) is 0 Å². The van der Waals surface area contributed by atoms with Crippen LogP contribution in [0.3, 0.4) is 0 Å². The summed E-state index contributed by atoms with van der Waals surface area (Å²) in [6, 6.07) is 7.80. The van der Waals surface area contributed by atoms with Gasteiger partial charge in [-0.1, -0.05) is 21.1 Å². The zero-order valence-electron chi connectivity index (χ0n) is 9.80. The van der Waals surface area contributed by atoms with Gasteiger partial charge in [0.25, 0.3) is 0 Å². The monoisotopic (exact) mass is 295 g/mol. The average Bonchev–Trinajstić information content (AvgIpc) is 2.78. The zero-order chi connectivity index (χ0) is 12.3. The molecule has 0 fully saturated rings. The Morgan fingerprint density at radius 2 is 2.00 bits per heavy atom. The summed E-state index contributed by atoms with van der Waals surface area (Å²) < 4.78 is 7.32. The van der Waals surface area contributed by atoms with Crippen molar-refractivity contribution in [3.8, 4) is 11.4 Å². The van der Waals surface area contributed by atoms with E-state index in [1.54, 1.807) is 4.68 Å². The fourth-order valence-electron chi connectivity index (χ4n) is 1.44. The highest BCUT2D eigenvalue weighted by atomic mass is 79.9. The molecule has 0 spiro atoms. The molecule has 2 aromatic rings. The molecular formula is C12H14BrN3O. The number of hydrogen-bond acceptors (Lipinski definition) is 3. The Kier molecular flexibility index (Phi) is 3.78. The van der Waals surface area contributed by atoms with Gasteiger partial charge in [0.15, 0.2) is 0 Å². The van der Waals surface area contributed by atoms with Crippen LogP contribution >= 0.6 is 15.9 Å². The van der Waals surface area contributed by atoms with Crippen LogP contribution in [0.25, 0.3) is 5.69 Å². The third-order valence-corrected chi connectivity index (χ3v) is 2.73. The molecule has 0 amide bonds. The molecule has 90 valence electrons. The molecule has 0 radical (unpaired) electrons. The van der Waals surface area contributed by atoms with Crippen LogP contribution in [0, 0.1) is 0 Å². The highest BCUT2D eigenvalue weighted by molar-refractivity contribution is 9.08. The lowest BCUT2D eigenvalue weighted by atomic mass is 10.3. The zero-order valence-corrected chi connectivity index (χ0v) is 11.4. The van der Waals surface area contributed by atoms with Crippen molar-refractivity contribution >= 4 is 15.9 Å². The van der Waals surface area contributed by atoms with E-state index in [9.17, 15) is 0 Å². The van der Waals surface area contributed by atoms with Crippen LogP contribution in [0.5, 0.6) is 5.75 Å². The van der Waals surface area contributed by atoms with Crippen molar-refractivity contribution in [1.82, 2.24) is 15.0 Å². The second-order valence-corrected chi connectivity index (χ2v) is 4.51. The quantitative estimate of drug-likeness (QED) is 0.814. The number of nitrogens with zero attached hydrogens (tertiary/aromatic N) is 3. The van der Waals surface area contributed by atoms with Crippen molar-refractivity contribution < 1.29 is 4.74 Å². The number of ether oxygens (including phenoxy) is 1. The standard InChI is InChI=1S/C12H14BrN3O/c1-9(2)17-12-5-3-11(4-6-12)16-8-10(7-13)14-15-16/h3-6,8-9H,7H2,1-2H3. The van der Waals surface area contributed by atoms with Crippen LogP contribution in [0.2, 0.25) is 0 Å². The van der Waals surface area contributed by atoms with Crippen LogP contribution in [0.1, 0.15) is 19.5 Å². The van der Waals surface area contributed by atoms with Gasteiger partial charge in [-0.2, -0.15) is 0 Å². The molecular weight excluding hydrogens is 282 g/mol. The van der Waals surface area contributed by atoms with Gasteiger partial charge in [-0.15, -0.1) is 5.10 Å². The van der Waals surface area contributed by atoms with Crippen LogP contribution in [0.4, 0.5) is 0 Å². The van der Waals surface area contributed by atoms with Gasteiger partial charge in [0.05, 0.1) is 23.7 Å². The fraction of sp³-hybridized carbons (Fsp3) is 0.333. The van der Waals surface area contributed by atoms with E-state index in [-0.39, 0.29) is 6.10 Å². The number of halogens is 1. The molecule has 0 bridgehead atoms. The highest BCUT2D eigenvalue weighted by Crippen LogP contribution is 2.16. The maximum atomic E-state index is 5.58. The van der Waals surface area contributed by atoms with Crippen molar-refractivity contribution in [2.45, 2.75) is 25.3 Å². The van der Waals surface area contributed by atoms with Gasteiger partial charge in [-0.25, -0.2) is 4.68 Å². The number of rotatable bonds is 4. The summed E-state index contributed by atoms with van der Waals surface area (Å²) in [6.45, 7) is 4.02. The summed E-state index contributed by atoms with van der Waals surface area (Å²) in [5.74, 6) is 0.865. The van der Waals surface area contributed by atoms with E-state index in [1.165, 1.54) is 0 Å². The molecule has 0 aliphatic carbocycles. The molecule has 0 saturated heterocycles. The molecule has 0 atom stereocenters. The maximum absolute atomic E-state index is 5.58. The summed E-state index contributed by atoms with van der Waals surface area (Å²) in [6.07, 6.45) is 2.08. The number of aromatic nitrogens is 3. The molecule has 5 heteroatoms. The predicted octanol–water partition coefficient (Wildman–Crippen LogP) is 2.95. The SMILES string of the molecule is CC(C)Oc1ccc(-n2cc(CBr)nn2)cc1. The van der Waals surface area contributed by atoms with E-state index in [1.807, 2.05) is 44.3 Å². The van der Waals surface area contributed by atoms with Crippen LogP contribution < -0.4 is 4.74 Å². The van der Waals surface area contributed by atoms with Crippen molar-refractivity contribution in [3.63, 3.8) is 0 Å². The molecule has 1 heterocycles. The summed E-state index contributed by atoms with van der Waals surface area (Å²) in [5.41, 5.74) is 1.88. The predicted molar refractivity (Wildman–Crippen MR) is 69.8 cm³/mol. The molecule has 1 aromatic heterocycles. The van der Waals surface area contributed by atoms with E-state index < -0.39 is 0 Å². The largest absolute Gasteiger partial charge is 0.491 e. The van der Waals surface area contributed by atoms with Gasteiger partial charge < -0.3 is 4.74 Å². The third kappa shape index (κ3) is 3.06. The molecule has 0 unspecified atom stereocenters. The van der Waals surface area contributed by atoms with E-state index in [4.69, 9.17) is 4.74 Å². The Morgan fingerprint density at radius 3 is 2.53 bits per heavy atom. The van der Waals surface area contributed by atoms with Gasteiger partial charge in [0.2, 0.25) is 0 Å². The van der Waals surface area contributed by atoms with E-state index in [2.05, 4.69) is 26.2 Å². The Balaban J connectivity index is 2.17. The molecule has 2 rings (SSSR count). The van der Waals surface area contributed by atoms with Crippen molar-refractivity contribution in [2.24, 2.45) is 0 Å². The second-order valence-electron chi connectivity index (χ2n) is 3.95. The number of alkyl halides is 1. The smallest absolute Gasteiger partial charge is 0.119 e. The summed E-state index contributed by atoms with van der Waals surface area (Å²) in [5, 5.41) is 8.77. The Hall–Kier alpha value is -1.36. The lowest BCUT2D eigenvalue weighted by molar-refractivity contribution is 0.242. The Morgan fingerprint density at radius 1 is 1.29 bits per heavy atom. The van der Waals surface area contributed by atoms with E-state index >= 15 is 0 Å². The number of benzene rings is 1. The summed E-state index contributed by atoms with van der Waals surface area (Å²) >= 11 is 3.35. The van der Waals surface area contributed by atoms with Gasteiger partial charge in [-0.3, -0.25) is 0 Å². The minimum atomic E-state index is 0.187. The summed E-state index contributed by atoms with van der Waals surface area (Å²) in [4.78, 5) is 0. The van der Waals surface area contributed by atoms with Crippen LogP contribution in [-0.4, -0.2) is 21.1 Å². The summed E-state index contributed by atoms with van der Waals surface area (Å²) in [7, 11) is 0. The first-order valence-electron chi connectivity index (χ1n) is 5.43. The maximum Gasteiger partial charge on any atom is 0.119 e. The first-order chi connectivity index (χ1) is 8.19. The average molecular weight is 296 g/mol. The lowest BCUT2D eigenvalue weighted by Crippen LogP contribution is -2.05. The van der Waals surface area contributed by atoms with Crippen molar-refractivity contribution in [1.29, 1.82) is 0 Å². The third-order valence-electron chi connectivity index (χ3n) is 2.15. The minimum Gasteiger partial charge on any atom is -0.491 e. The minimum absolute atomic E-state index is 0.187. The van der Waals surface area contributed by atoms with Crippen LogP contribution in [-0.2, 0) is 5.33 Å². The molecule has 0 N–H and O–H groups in total. The van der Waals surface area contributed by atoms with E-state index in [0.717, 1.165) is 17.1 Å². The van der Waals surface area contributed by atoms with Crippen LogP contribution in [0.15, 0.2) is 30.5 Å². The molecule has 4 nitrogen and oxygen atoms in total. The Bertz CT molecular complexity index is 479. The van der Waals surface area contributed by atoms with Gasteiger partial charge in [0, 0.05) is 5.33 Å².